The van der Waals surface area contributed by atoms with E-state index in [2.05, 4.69) is 5.10 Å². The molecule has 1 heterocycles. The van der Waals surface area contributed by atoms with Gasteiger partial charge in [0.25, 0.3) is 0 Å². The van der Waals surface area contributed by atoms with Gasteiger partial charge in [-0.25, -0.2) is 9.18 Å². The molecule has 2 rings (SSSR count). The highest BCUT2D eigenvalue weighted by Crippen LogP contribution is 2.19. The van der Waals surface area contributed by atoms with E-state index in [0.29, 0.717) is 6.54 Å². The van der Waals surface area contributed by atoms with Crippen LogP contribution in [0.25, 0.3) is 0 Å². The van der Waals surface area contributed by atoms with Crippen molar-refractivity contribution < 1.29 is 13.9 Å². The summed E-state index contributed by atoms with van der Waals surface area (Å²) in [5.41, 5.74) is 5.96. The minimum atomic E-state index is -0.725. The van der Waals surface area contributed by atoms with E-state index in [1.165, 1.54) is 29.1 Å². The fourth-order valence-corrected chi connectivity index (χ4v) is 1.54. The molecule has 1 aromatic heterocycles. The maximum Gasteiger partial charge on any atom is 0.364 e. The Kier molecular flexibility index (Phi) is 3.27. The Labute approximate surface area is 103 Å². The molecule has 0 bridgehead atoms. The molecule has 94 valence electrons. The second-order valence-electron chi connectivity index (χ2n) is 3.58. The number of anilines is 1. The van der Waals surface area contributed by atoms with Gasteiger partial charge in [0.1, 0.15) is 0 Å². The van der Waals surface area contributed by atoms with Crippen LogP contribution in [0.1, 0.15) is 17.4 Å². The molecule has 1 aromatic carbocycles. The summed E-state index contributed by atoms with van der Waals surface area (Å²) in [5, 5.41) is 3.92. The quantitative estimate of drug-likeness (QED) is 0.665. The van der Waals surface area contributed by atoms with E-state index in [4.69, 9.17) is 10.5 Å². The van der Waals surface area contributed by atoms with E-state index < -0.39 is 11.8 Å². The van der Waals surface area contributed by atoms with Crippen LogP contribution >= 0.6 is 0 Å². The maximum absolute atomic E-state index is 13.3. The number of esters is 1. The molecule has 0 saturated heterocycles. The molecular formula is C12H12FN3O2. The number of para-hydroxylation sites is 1. The van der Waals surface area contributed by atoms with Crippen LogP contribution in [0, 0.1) is 5.82 Å². The zero-order chi connectivity index (χ0) is 13.1. The zero-order valence-corrected chi connectivity index (χ0v) is 9.76. The second-order valence-corrected chi connectivity index (χ2v) is 3.58. The van der Waals surface area contributed by atoms with Gasteiger partial charge in [0.05, 0.1) is 11.9 Å². The fraction of sp³-hybridized carbons (Fsp3) is 0.167. The first-order valence-electron chi connectivity index (χ1n) is 5.41. The van der Waals surface area contributed by atoms with E-state index >= 15 is 0 Å². The van der Waals surface area contributed by atoms with Crippen LogP contribution in [0.4, 0.5) is 10.1 Å². The Balaban J connectivity index is 2.28. The number of nitrogens with two attached hydrogens (primary N) is 1. The number of aryl methyl sites for hydroxylation is 1. The summed E-state index contributed by atoms with van der Waals surface area (Å²) in [5.74, 6) is -1.46. The van der Waals surface area contributed by atoms with E-state index in [1.807, 2.05) is 6.92 Å². The number of nitrogen functional groups attached to an aromatic ring is 1. The summed E-state index contributed by atoms with van der Waals surface area (Å²) < 4.78 is 19.7. The Morgan fingerprint density at radius 2 is 2.22 bits per heavy atom. The van der Waals surface area contributed by atoms with Crippen molar-refractivity contribution in [2.24, 2.45) is 0 Å². The highest BCUT2D eigenvalue weighted by molar-refractivity contribution is 5.94. The first kappa shape index (κ1) is 12.1. The third-order valence-electron chi connectivity index (χ3n) is 2.40. The predicted molar refractivity (Wildman–Crippen MR) is 63.7 cm³/mol. The third kappa shape index (κ3) is 2.17. The summed E-state index contributed by atoms with van der Waals surface area (Å²) in [6.07, 6.45) is 1.36. The van der Waals surface area contributed by atoms with Gasteiger partial charge in [0.15, 0.2) is 17.3 Å². The Morgan fingerprint density at radius 3 is 2.89 bits per heavy atom. The van der Waals surface area contributed by atoms with Gasteiger partial charge in [-0.15, -0.1) is 0 Å². The molecule has 0 spiro atoms. The number of hydrogen-bond donors (Lipinski definition) is 1. The van der Waals surface area contributed by atoms with E-state index in [-0.39, 0.29) is 17.1 Å². The van der Waals surface area contributed by atoms with Crippen LogP contribution in [-0.4, -0.2) is 15.7 Å². The molecular weight excluding hydrogens is 237 g/mol. The monoisotopic (exact) mass is 249 g/mol. The fourth-order valence-electron chi connectivity index (χ4n) is 1.54. The standard InChI is InChI=1S/C12H12FN3O2/c1-2-16-11(9(14)7-15-16)12(17)18-10-6-4-3-5-8(10)13/h3-7H,2,14H2,1H3. The number of halogens is 1. The number of ether oxygens (including phenoxy) is 1. The van der Waals surface area contributed by atoms with Crippen molar-refractivity contribution in [2.75, 3.05) is 5.73 Å². The van der Waals surface area contributed by atoms with Crippen molar-refractivity contribution in [2.45, 2.75) is 13.5 Å². The smallest absolute Gasteiger partial charge is 0.364 e. The zero-order valence-electron chi connectivity index (χ0n) is 9.76. The first-order chi connectivity index (χ1) is 8.63. The van der Waals surface area contributed by atoms with Crippen molar-refractivity contribution in [3.8, 4) is 5.75 Å². The first-order valence-corrected chi connectivity index (χ1v) is 5.41. The average molecular weight is 249 g/mol. The number of benzene rings is 1. The largest absolute Gasteiger partial charge is 0.419 e. The van der Waals surface area contributed by atoms with E-state index in [0.717, 1.165) is 0 Å². The number of hydrogen-bond acceptors (Lipinski definition) is 4. The summed E-state index contributed by atoms with van der Waals surface area (Å²) in [6.45, 7) is 2.28. The Morgan fingerprint density at radius 1 is 1.50 bits per heavy atom. The number of aromatic nitrogens is 2. The Bertz CT molecular complexity index is 580. The lowest BCUT2D eigenvalue weighted by atomic mass is 10.3. The SMILES string of the molecule is CCn1ncc(N)c1C(=O)Oc1ccccc1F. The molecule has 0 aliphatic carbocycles. The van der Waals surface area contributed by atoms with Gasteiger partial charge < -0.3 is 10.5 Å². The van der Waals surface area contributed by atoms with Gasteiger partial charge in [0.2, 0.25) is 0 Å². The molecule has 0 fully saturated rings. The Hall–Kier alpha value is -2.37. The van der Waals surface area contributed by atoms with Crippen LogP contribution in [0.2, 0.25) is 0 Å². The highest BCUT2D eigenvalue weighted by Gasteiger charge is 2.19. The molecule has 0 amide bonds. The number of nitrogens with zero attached hydrogens (tertiary/aromatic N) is 2. The average Bonchev–Trinajstić information content (AvgIpc) is 2.73. The van der Waals surface area contributed by atoms with Crippen molar-refractivity contribution in [1.29, 1.82) is 0 Å². The lowest BCUT2D eigenvalue weighted by molar-refractivity contribution is 0.0716. The molecule has 5 nitrogen and oxygen atoms in total. The van der Waals surface area contributed by atoms with Crippen molar-refractivity contribution in [1.82, 2.24) is 9.78 Å². The van der Waals surface area contributed by atoms with Gasteiger partial charge in [-0.3, -0.25) is 4.68 Å². The van der Waals surface area contributed by atoms with Crippen molar-refractivity contribution in [3.63, 3.8) is 0 Å². The molecule has 0 saturated carbocycles. The predicted octanol–water partition coefficient (Wildman–Crippen LogP) is 1.84. The normalized spacial score (nSPS) is 10.3. The van der Waals surface area contributed by atoms with Crippen molar-refractivity contribution in [3.05, 3.63) is 42.0 Å². The minimum absolute atomic E-state index is 0.126. The van der Waals surface area contributed by atoms with Crippen LogP contribution in [0.15, 0.2) is 30.5 Å². The molecule has 6 heteroatoms. The molecule has 0 aliphatic heterocycles. The molecule has 2 N–H and O–H groups in total. The maximum atomic E-state index is 13.3. The topological polar surface area (TPSA) is 70.1 Å². The summed E-state index contributed by atoms with van der Waals surface area (Å²) in [6, 6.07) is 5.67. The van der Waals surface area contributed by atoms with Crippen LogP contribution < -0.4 is 10.5 Å². The van der Waals surface area contributed by atoms with Gasteiger partial charge in [0, 0.05) is 6.54 Å². The van der Waals surface area contributed by atoms with Crippen LogP contribution in [0.3, 0.4) is 0 Å². The van der Waals surface area contributed by atoms with Gasteiger partial charge in [-0.05, 0) is 19.1 Å². The summed E-state index contributed by atoms with van der Waals surface area (Å²) >= 11 is 0. The molecule has 0 atom stereocenters. The second kappa shape index (κ2) is 4.87. The molecule has 0 radical (unpaired) electrons. The summed E-state index contributed by atoms with van der Waals surface area (Å²) in [7, 11) is 0. The minimum Gasteiger partial charge on any atom is -0.419 e. The molecule has 18 heavy (non-hydrogen) atoms. The number of rotatable bonds is 3. The third-order valence-corrected chi connectivity index (χ3v) is 2.40. The molecule has 0 aliphatic rings. The highest BCUT2D eigenvalue weighted by atomic mass is 19.1. The van der Waals surface area contributed by atoms with E-state index in [9.17, 15) is 9.18 Å². The van der Waals surface area contributed by atoms with Gasteiger partial charge in [-0.2, -0.15) is 5.10 Å². The summed E-state index contributed by atoms with van der Waals surface area (Å²) in [4.78, 5) is 11.9. The molecule has 2 aromatic rings. The van der Waals surface area contributed by atoms with Gasteiger partial charge >= 0.3 is 5.97 Å². The van der Waals surface area contributed by atoms with Crippen LogP contribution in [-0.2, 0) is 6.54 Å². The number of carbonyl (C=O) groups is 1. The van der Waals surface area contributed by atoms with Crippen molar-refractivity contribution >= 4 is 11.7 Å². The van der Waals surface area contributed by atoms with Gasteiger partial charge in [-0.1, -0.05) is 12.1 Å². The number of carbonyl (C=O) groups excluding carboxylic acids is 1. The molecule has 0 unspecified atom stereocenters. The van der Waals surface area contributed by atoms with E-state index in [1.54, 1.807) is 6.07 Å². The lowest BCUT2D eigenvalue weighted by Crippen LogP contribution is -2.17. The van der Waals surface area contributed by atoms with Crippen LogP contribution in [0.5, 0.6) is 5.75 Å². The lowest BCUT2D eigenvalue weighted by Gasteiger charge is -2.07.